The van der Waals surface area contributed by atoms with Crippen LogP contribution in [0.15, 0.2) is 36.8 Å². The van der Waals surface area contributed by atoms with Crippen molar-refractivity contribution < 1.29 is 4.39 Å². The van der Waals surface area contributed by atoms with Crippen molar-refractivity contribution in [3.05, 3.63) is 53.7 Å². The van der Waals surface area contributed by atoms with Gasteiger partial charge in [-0.2, -0.15) is 10.2 Å². The molecule has 0 saturated carbocycles. The fourth-order valence-corrected chi connectivity index (χ4v) is 3.48. The first kappa shape index (κ1) is 17.4. The topological polar surface area (TPSA) is 59.4 Å². The van der Waals surface area contributed by atoms with Crippen LogP contribution in [0.3, 0.4) is 0 Å². The lowest BCUT2D eigenvalue weighted by molar-refractivity contribution is 0.626. The van der Waals surface area contributed by atoms with Crippen LogP contribution in [0.4, 0.5) is 4.39 Å². The number of aromatic amines is 1. The van der Waals surface area contributed by atoms with Crippen molar-refractivity contribution in [2.45, 2.75) is 33.1 Å². The van der Waals surface area contributed by atoms with Crippen molar-refractivity contribution in [2.24, 2.45) is 7.05 Å². The van der Waals surface area contributed by atoms with Gasteiger partial charge < -0.3 is 0 Å². The summed E-state index contributed by atoms with van der Waals surface area (Å²) in [5.41, 5.74) is 5.62. The van der Waals surface area contributed by atoms with Gasteiger partial charge >= 0.3 is 0 Å². The lowest BCUT2D eigenvalue weighted by Crippen LogP contribution is -1.96. The molecule has 1 aromatic carbocycles. The SMILES string of the molecule is CCCCc1cc(C)c(-c2cc3c(-c4cnn(C)c4)n[nH]c3cn2)c(F)c1. The summed E-state index contributed by atoms with van der Waals surface area (Å²) in [6.45, 7) is 4.08. The van der Waals surface area contributed by atoms with Crippen LogP contribution in [-0.2, 0) is 13.5 Å². The van der Waals surface area contributed by atoms with Crippen molar-refractivity contribution in [2.75, 3.05) is 0 Å². The largest absolute Gasteiger partial charge is 0.276 e. The molecule has 138 valence electrons. The van der Waals surface area contributed by atoms with Gasteiger partial charge in [0.1, 0.15) is 11.5 Å². The van der Waals surface area contributed by atoms with Crippen LogP contribution in [0, 0.1) is 12.7 Å². The molecule has 0 aliphatic rings. The monoisotopic (exact) mass is 363 g/mol. The molecule has 0 atom stereocenters. The molecule has 27 heavy (non-hydrogen) atoms. The molecular formula is C21H22FN5. The van der Waals surface area contributed by atoms with Crippen LogP contribution in [0.2, 0.25) is 0 Å². The molecule has 4 rings (SSSR count). The number of rotatable bonds is 5. The fraction of sp³-hybridized carbons (Fsp3) is 0.286. The van der Waals surface area contributed by atoms with Crippen molar-refractivity contribution in [3.63, 3.8) is 0 Å². The van der Waals surface area contributed by atoms with Gasteiger partial charge in [-0.3, -0.25) is 14.8 Å². The number of nitrogens with one attached hydrogen (secondary N) is 1. The second kappa shape index (κ2) is 6.95. The summed E-state index contributed by atoms with van der Waals surface area (Å²) >= 11 is 0. The number of pyridine rings is 1. The first-order valence-electron chi connectivity index (χ1n) is 9.19. The zero-order valence-corrected chi connectivity index (χ0v) is 15.8. The maximum atomic E-state index is 14.9. The van der Waals surface area contributed by atoms with Crippen LogP contribution in [0.1, 0.15) is 30.9 Å². The molecule has 5 nitrogen and oxygen atoms in total. The molecule has 0 amide bonds. The lowest BCUT2D eigenvalue weighted by Gasteiger charge is -2.10. The summed E-state index contributed by atoms with van der Waals surface area (Å²) < 4.78 is 16.6. The molecule has 3 heterocycles. The number of benzene rings is 1. The second-order valence-corrected chi connectivity index (χ2v) is 6.96. The summed E-state index contributed by atoms with van der Waals surface area (Å²) in [4.78, 5) is 4.47. The number of H-pyrrole nitrogens is 1. The van der Waals surface area contributed by atoms with E-state index in [1.54, 1.807) is 23.1 Å². The van der Waals surface area contributed by atoms with E-state index < -0.39 is 0 Å². The molecule has 6 heteroatoms. The quantitative estimate of drug-likeness (QED) is 0.553. The van der Waals surface area contributed by atoms with Crippen LogP contribution < -0.4 is 0 Å². The smallest absolute Gasteiger partial charge is 0.133 e. The van der Waals surface area contributed by atoms with E-state index in [1.807, 2.05) is 26.2 Å². The minimum Gasteiger partial charge on any atom is -0.276 e. The van der Waals surface area contributed by atoms with Crippen LogP contribution in [0.5, 0.6) is 0 Å². The summed E-state index contributed by atoms with van der Waals surface area (Å²) in [7, 11) is 1.87. The van der Waals surface area contributed by atoms with Gasteiger partial charge in [0.05, 0.1) is 23.6 Å². The summed E-state index contributed by atoms with van der Waals surface area (Å²) in [5, 5.41) is 12.5. The first-order valence-corrected chi connectivity index (χ1v) is 9.19. The number of nitrogens with zero attached hydrogens (tertiary/aromatic N) is 4. The van der Waals surface area contributed by atoms with Crippen LogP contribution in [0.25, 0.3) is 33.4 Å². The number of hydrogen-bond acceptors (Lipinski definition) is 3. The van der Waals surface area contributed by atoms with E-state index in [0.29, 0.717) is 11.3 Å². The van der Waals surface area contributed by atoms with Crippen molar-refractivity contribution in [1.29, 1.82) is 0 Å². The third-order valence-electron chi connectivity index (χ3n) is 4.85. The Morgan fingerprint density at radius 2 is 2.04 bits per heavy atom. The van der Waals surface area contributed by atoms with Gasteiger partial charge in [0.2, 0.25) is 0 Å². The van der Waals surface area contributed by atoms with Crippen LogP contribution in [-0.4, -0.2) is 25.0 Å². The minimum atomic E-state index is -0.223. The molecular weight excluding hydrogens is 341 g/mol. The minimum absolute atomic E-state index is 0.223. The number of aryl methyl sites for hydroxylation is 3. The number of halogens is 1. The zero-order chi connectivity index (χ0) is 19.0. The highest BCUT2D eigenvalue weighted by atomic mass is 19.1. The maximum Gasteiger partial charge on any atom is 0.133 e. The molecule has 0 radical (unpaired) electrons. The van der Waals surface area contributed by atoms with E-state index in [2.05, 4.69) is 33.3 Å². The Balaban J connectivity index is 1.80. The van der Waals surface area contributed by atoms with Crippen molar-refractivity contribution in [3.8, 4) is 22.5 Å². The van der Waals surface area contributed by atoms with E-state index in [1.165, 1.54) is 0 Å². The van der Waals surface area contributed by atoms with Gasteiger partial charge in [-0.15, -0.1) is 0 Å². The van der Waals surface area contributed by atoms with Crippen molar-refractivity contribution in [1.82, 2.24) is 25.0 Å². The highest BCUT2D eigenvalue weighted by Crippen LogP contribution is 2.32. The standard InChI is InChI=1S/C21H22FN5/c1-4-5-6-14-7-13(2)20(17(22)8-14)18-9-16-19(11-23-18)25-26-21(16)15-10-24-27(3)12-15/h7-12H,4-6H2,1-3H3,(H,25,26). The summed E-state index contributed by atoms with van der Waals surface area (Å²) in [6.07, 6.45) is 8.44. The number of unbranched alkanes of at least 4 members (excludes halogenated alkanes) is 1. The van der Waals surface area contributed by atoms with Crippen molar-refractivity contribution >= 4 is 10.9 Å². The molecule has 0 unspecified atom stereocenters. The Morgan fingerprint density at radius 1 is 1.19 bits per heavy atom. The van der Waals surface area contributed by atoms with E-state index in [9.17, 15) is 4.39 Å². The molecule has 0 saturated heterocycles. The van der Waals surface area contributed by atoms with Gasteiger partial charge in [-0.25, -0.2) is 4.39 Å². The Hall–Kier alpha value is -3.02. The Morgan fingerprint density at radius 3 is 2.74 bits per heavy atom. The highest BCUT2D eigenvalue weighted by Gasteiger charge is 2.16. The highest BCUT2D eigenvalue weighted by molar-refractivity contribution is 5.94. The van der Waals surface area contributed by atoms with Gasteiger partial charge in [0.15, 0.2) is 0 Å². The third-order valence-corrected chi connectivity index (χ3v) is 4.85. The first-order chi connectivity index (χ1) is 13.1. The maximum absolute atomic E-state index is 14.9. The number of hydrogen-bond donors (Lipinski definition) is 1. The van der Waals surface area contributed by atoms with Gasteiger partial charge in [-0.05, 0) is 43.0 Å². The van der Waals surface area contributed by atoms with Crippen LogP contribution >= 0.6 is 0 Å². The zero-order valence-electron chi connectivity index (χ0n) is 15.8. The molecule has 0 aliphatic heterocycles. The molecule has 4 aromatic rings. The van der Waals surface area contributed by atoms with Gasteiger partial charge in [0.25, 0.3) is 0 Å². The van der Waals surface area contributed by atoms with E-state index in [-0.39, 0.29) is 5.82 Å². The Kier molecular flexibility index (Phi) is 4.48. The second-order valence-electron chi connectivity index (χ2n) is 6.96. The van der Waals surface area contributed by atoms with Gasteiger partial charge in [-0.1, -0.05) is 19.4 Å². The van der Waals surface area contributed by atoms with Gasteiger partial charge in [0, 0.05) is 29.8 Å². The number of fused-ring (bicyclic) bond motifs is 1. The molecule has 0 aliphatic carbocycles. The molecule has 0 spiro atoms. The molecule has 0 fully saturated rings. The Bertz CT molecular complexity index is 1090. The normalized spacial score (nSPS) is 11.4. The molecule has 1 N–H and O–H groups in total. The summed E-state index contributed by atoms with van der Waals surface area (Å²) in [5.74, 6) is -0.223. The van der Waals surface area contributed by atoms with E-state index in [4.69, 9.17) is 0 Å². The lowest BCUT2D eigenvalue weighted by atomic mass is 9.98. The van der Waals surface area contributed by atoms with E-state index >= 15 is 0 Å². The average Bonchev–Trinajstić information content (AvgIpc) is 3.25. The fourth-order valence-electron chi connectivity index (χ4n) is 3.48. The summed E-state index contributed by atoms with van der Waals surface area (Å²) in [6, 6.07) is 5.61. The average molecular weight is 363 g/mol. The molecule has 0 bridgehead atoms. The predicted molar refractivity (Wildman–Crippen MR) is 105 cm³/mol. The Labute approximate surface area is 157 Å². The number of aromatic nitrogens is 5. The predicted octanol–water partition coefficient (Wildman–Crippen LogP) is 4.82. The molecule has 3 aromatic heterocycles. The van der Waals surface area contributed by atoms with E-state index in [0.717, 1.165) is 52.5 Å². The third kappa shape index (κ3) is 3.23.